The van der Waals surface area contributed by atoms with Gasteiger partial charge >= 0.3 is 0 Å². The van der Waals surface area contributed by atoms with Gasteiger partial charge in [-0.05, 0) is 49.8 Å². The summed E-state index contributed by atoms with van der Waals surface area (Å²) in [4.78, 5) is 19.1. The van der Waals surface area contributed by atoms with Crippen LogP contribution in [0.15, 0.2) is 36.5 Å². The summed E-state index contributed by atoms with van der Waals surface area (Å²) in [6.07, 6.45) is 8.47. The number of rotatable bonds is 5. The molecule has 2 atom stereocenters. The average Bonchev–Trinajstić information content (AvgIpc) is 3.14. The van der Waals surface area contributed by atoms with Gasteiger partial charge in [0, 0.05) is 48.6 Å². The minimum atomic E-state index is 0.322. The lowest BCUT2D eigenvalue weighted by molar-refractivity contribution is -0.139. The Kier molecular flexibility index (Phi) is 5.51. The average molecular weight is 394 g/mol. The minimum Gasteiger partial charge on any atom is -0.379 e. The van der Waals surface area contributed by atoms with E-state index in [1.54, 1.807) is 0 Å². The molecule has 5 heteroatoms. The zero-order valence-electron chi connectivity index (χ0n) is 17.1. The maximum Gasteiger partial charge on any atom is 0.225 e. The van der Waals surface area contributed by atoms with Gasteiger partial charge in [-0.3, -0.25) is 9.78 Å². The van der Waals surface area contributed by atoms with Gasteiger partial charge in [-0.15, -0.1) is 0 Å². The van der Waals surface area contributed by atoms with Crippen LogP contribution in [-0.2, 0) is 16.0 Å². The Bertz CT molecular complexity index is 853. The summed E-state index contributed by atoms with van der Waals surface area (Å²) in [5.41, 5.74) is 2.43. The highest BCUT2D eigenvalue weighted by Gasteiger charge is 2.34. The molecule has 3 fully saturated rings. The van der Waals surface area contributed by atoms with E-state index in [-0.39, 0.29) is 0 Å². The monoisotopic (exact) mass is 393 g/mol. The maximum atomic E-state index is 12.5. The number of hydrogen-bond donors (Lipinski definition) is 1. The van der Waals surface area contributed by atoms with Crippen molar-refractivity contribution < 1.29 is 9.53 Å². The molecule has 1 aromatic heterocycles. The van der Waals surface area contributed by atoms with E-state index in [1.807, 2.05) is 12.3 Å². The third-order valence-electron chi connectivity index (χ3n) is 7.13. The van der Waals surface area contributed by atoms with E-state index in [0.29, 0.717) is 29.8 Å². The highest BCUT2D eigenvalue weighted by Crippen LogP contribution is 2.30. The van der Waals surface area contributed by atoms with Gasteiger partial charge in [-0.25, -0.2) is 0 Å². The normalized spacial score (nSPS) is 26.0. The van der Waals surface area contributed by atoms with Crippen molar-refractivity contribution in [3.63, 3.8) is 0 Å². The number of para-hydroxylation sites is 1. The zero-order chi connectivity index (χ0) is 19.6. The SMILES string of the molecule is O=C(C1CCC1)N1CCC(N[C@@H]2COC[C@H]2Cc2ccnc3ccccc23)CC1. The Morgan fingerprint density at radius 3 is 2.72 bits per heavy atom. The van der Waals surface area contributed by atoms with Gasteiger partial charge in [-0.2, -0.15) is 0 Å². The number of carbonyl (C=O) groups excluding carboxylic acids is 1. The van der Waals surface area contributed by atoms with E-state index in [2.05, 4.69) is 39.5 Å². The number of likely N-dealkylation sites (tertiary alicyclic amines) is 1. The van der Waals surface area contributed by atoms with Crippen molar-refractivity contribution in [1.82, 2.24) is 15.2 Å². The molecule has 0 spiro atoms. The molecule has 0 bridgehead atoms. The zero-order valence-corrected chi connectivity index (χ0v) is 17.1. The molecule has 3 aliphatic rings. The fraction of sp³-hybridized carbons (Fsp3) is 0.583. The van der Waals surface area contributed by atoms with Gasteiger partial charge < -0.3 is 15.0 Å². The fourth-order valence-electron chi connectivity index (χ4n) is 5.08. The van der Waals surface area contributed by atoms with E-state index >= 15 is 0 Å². The summed E-state index contributed by atoms with van der Waals surface area (Å²) in [6.45, 7) is 3.41. The van der Waals surface area contributed by atoms with Crippen LogP contribution in [0.4, 0.5) is 0 Å². The molecule has 29 heavy (non-hydrogen) atoms. The predicted octanol–water partition coefficient (Wildman–Crippen LogP) is 3.17. The van der Waals surface area contributed by atoms with Gasteiger partial charge in [0.25, 0.3) is 0 Å². The topological polar surface area (TPSA) is 54.5 Å². The highest BCUT2D eigenvalue weighted by atomic mass is 16.5. The molecule has 1 aliphatic carbocycles. The van der Waals surface area contributed by atoms with Crippen molar-refractivity contribution in [1.29, 1.82) is 0 Å². The van der Waals surface area contributed by atoms with E-state index in [9.17, 15) is 4.79 Å². The first-order valence-corrected chi connectivity index (χ1v) is 11.2. The van der Waals surface area contributed by atoms with E-state index in [0.717, 1.165) is 63.9 Å². The van der Waals surface area contributed by atoms with Gasteiger partial charge in [-0.1, -0.05) is 24.6 Å². The summed E-state index contributed by atoms with van der Waals surface area (Å²) in [5.74, 6) is 1.21. The van der Waals surface area contributed by atoms with Crippen molar-refractivity contribution in [2.24, 2.45) is 11.8 Å². The number of carbonyl (C=O) groups is 1. The number of hydrogen-bond acceptors (Lipinski definition) is 4. The number of nitrogens with zero attached hydrogens (tertiary/aromatic N) is 2. The fourth-order valence-corrected chi connectivity index (χ4v) is 5.08. The van der Waals surface area contributed by atoms with Gasteiger partial charge in [0.2, 0.25) is 5.91 Å². The van der Waals surface area contributed by atoms with Gasteiger partial charge in [0.05, 0.1) is 18.7 Å². The van der Waals surface area contributed by atoms with E-state index in [4.69, 9.17) is 4.74 Å². The van der Waals surface area contributed by atoms with Crippen molar-refractivity contribution in [2.45, 2.75) is 50.6 Å². The minimum absolute atomic E-state index is 0.322. The van der Waals surface area contributed by atoms with Crippen LogP contribution in [0.2, 0.25) is 0 Å². The third-order valence-corrected chi connectivity index (χ3v) is 7.13. The van der Waals surface area contributed by atoms with E-state index < -0.39 is 0 Å². The second-order valence-electron chi connectivity index (χ2n) is 8.99. The lowest BCUT2D eigenvalue weighted by Gasteiger charge is -2.38. The molecule has 2 saturated heterocycles. The largest absolute Gasteiger partial charge is 0.379 e. The van der Waals surface area contributed by atoms with Crippen molar-refractivity contribution in [3.05, 3.63) is 42.1 Å². The Labute approximate surface area is 172 Å². The summed E-state index contributed by atoms with van der Waals surface area (Å²) >= 11 is 0. The summed E-state index contributed by atoms with van der Waals surface area (Å²) < 4.78 is 5.87. The van der Waals surface area contributed by atoms with Crippen molar-refractivity contribution in [3.8, 4) is 0 Å². The van der Waals surface area contributed by atoms with E-state index in [1.165, 1.54) is 17.4 Å². The molecular formula is C24H31N3O2. The highest BCUT2D eigenvalue weighted by molar-refractivity contribution is 5.82. The number of piperidine rings is 1. The smallest absolute Gasteiger partial charge is 0.225 e. The lowest BCUT2D eigenvalue weighted by Crippen LogP contribution is -2.51. The van der Waals surface area contributed by atoms with Crippen LogP contribution >= 0.6 is 0 Å². The number of benzene rings is 1. The number of amides is 1. The first-order valence-electron chi connectivity index (χ1n) is 11.2. The molecule has 1 amide bonds. The molecule has 1 N–H and O–H groups in total. The molecule has 5 nitrogen and oxygen atoms in total. The lowest BCUT2D eigenvalue weighted by atomic mass is 9.84. The number of aromatic nitrogens is 1. The Balaban J connectivity index is 1.18. The second kappa shape index (κ2) is 8.41. The molecule has 154 valence electrons. The van der Waals surface area contributed by atoms with Crippen LogP contribution in [0, 0.1) is 11.8 Å². The van der Waals surface area contributed by atoms with Gasteiger partial charge in [0.15, 0.2) is 0 Å². The molecule has 1 aromatic carbocycles. The summed E-state index contributed by atoms with van der Waals surface area (Å²) in [6, 6.07) is 11.4. The second-order valence-corrected chi connectivity index (χ2v) is 8.99. The van der Waals surface area contributed by atoms with Crippen molar-refractivity contribution >= 4 is 16.8 Å². The predicted molar refractivity (Wildman–Crippen MR) is 114 cm³/mol. The Hall–Kier alpha value is -1.98. The van der Waals surface area contributed by atoms with Crippen LogP contribution in [0.5, 0.6) is 0 Å². The molecule has 3 heterocycles. The Morgan fingerprint density at radius 2 is 1.93 bits per heavy atom. The Morgan fingerprint density at radius 1 is 1.10 bits per heavy atom. The standard InChI is InChI=1S/C24H31N3O2/c28-24(17-4-3-5-17)27-12-9-20(10-13-27)26-23-16-29-15-19(23)14-18-8-11-25-22-7-2-1-6-21(18)22/h1-2,6-8,11,17,19-20,23,26H,3-5,9-10,12-16H2/t19-,23-/m1/s1. The molecule has 5 rings (SSSR count). The van der Waals surface area contributed by atoms with Crippen molar-refractivity contribution in [2.75, 3.05) is 26.3 Å². The van der Waals surface area contributed by atoms with Gasteiger partial charge in [0.1, 0.15) is 0 Å². The number of nitrogens with one attached hydrogen (secondary N) is 1. The third kappa shape index (κ3) is 4.03. The molecule has 2 aliphatic heterocycles. The molecule has 0 unspecified atom stereocenters. The first-order chi connectivity index (χ1) is 14.3. The summed E-state index contributed by atoms with van der Waals surface area (Å²) in [7, 11) is 0. The molecular weight excluding hydrogens is 362 g/mol. The quantitative estimate of drug-likeness (QED) is 0.848. The maximum absolute atomic E-state index is 12.5. The van der Waals surface area contributed by atoms with Crippen LogP contribution < -0.4 is 5.32 Å². The molecule has 1 saturated carbocycles. The van der Waals surface area contributed by atoms with Crippen LogP contribution in [0.25, 0.3) is 10.9 Å². The van der Waals surface area contributed by atoms with Crippen LogP contribution in [0.3, 0.4) is 0 Å². The first kappa shape index (κ1) is 19.0. The number of pyridine rings is 1. The number of ether oxygens (including phenoxy) is 1. The van der Waals surface area contributed by atoms with Crippen LogP contribution in [0.1, 0.15) is 37.7 Å². The number of fused-ring (bicyclic) bond motifs is 1. The van der Waals surface area contributed by atoms with Crippen LogP contribution in [-0.4, -0.2) is 54.2 Å². The summed E-state index contributed by atoms with van der Waals surface area (Å²) in [5, 5.41) is 5.13. The molecule has 0 radical (unpaired) electrons. The molecule has 2 aromatic rings.